The summed E-state index contributed by atoms with van der Waals surface area (Å²) in [4.78, 5) is 24.5. The number of carbonyl (C=O) groups is 2. The van der Waals surface area contributed by atoms with Crippen molar-refractivity contribution in [2.75, 3.05) is 18.6 Å². The lowest BCUT2D eigenvalue weighted by atomic mass is 9.98. The Morgan fingerprint density at radius 1 is 1.14 bits per heavy atom. The minimum absolute atomic E-state index is 0.174. The van der Waals surface area contributed by atoms with Crippen molar-refractivity contribution in [2.24, 2.45) is 5.92 Å². The predicted octanol–water partition coefficient (Wildman–Crippen LogP) is 4.01. The maximum absolute atomic E-state index is 12.8. The van der Waals surface area contributed by atoms with Crippen molar-refractivity contribution in [3.8, 4) is 5.75 Å². The van der Waals surface area contributed by atoms with Gasteiger partial charge < -0.3 is 14.7 Å². The van der Waals surface area contributed by atoms with Crippen molar-refractivity contribution in [1.82, 2.24) is 0 Å². The van der Waals surface area contributed by atoms with Crippen LogP contribution in [0, 0.1) is 5.92 Å². The zero-order chi connectivity index (χ0) is 20.9. The average molecular weight is 395 g/mol. The van der Waals surface area contributed by atoms with E-state index in [9.17, 15) is 22.8 Å². The Bertz CT molecular complexity index is 834. The van der Waals surface area contributed by atoms with Gasteiger partial charge in [0.15, 0.2) is 6.61 Å². The molecular weight excluding hydrogens is 375 g/mol. The largest absolute Gasteiger partial charge is 0.482 e. The van der Waals surface area contributed by atoms with Crippen LogP contribution in [0.4, 0.5) is 18.9 Å². The second kappa shape index (κ2) is 8.77. The Kier molecular flexibility index (Phi) is 6.66. The highest BCUT2D eigenvalue weighted by atomic mass is 19.4. The van der Waals surface area contributed by atoms with Gasteiger partial charge in [-0.05, 0) is 42.3 Å². The molecular formula is C20H20F3NO4. The number of carboxylic acid groups (broad SMARTS) is 1. The van der Waals surface area contributed by atoms with E-state index in [0.29, 0.717) is 17.0 Å². The van der Waals surface area contributed by atoms with E-state index < -0.39 is 30.2 Å². The van der Waals surface area contributed by atoms with E-state index in [0.717, 1.165) is 12.1 Å². The Hall–Kier alpha value is -3.03. The van der Waals surface area contributed by atoms with Gasteiger partial charge in [-0.25, -0.2) is 4.79 Å². The number of anilines is 1. The quantitative estimate of drug-likeness (QED) is 0.769. The van der Waals surface area contributed by atoms with Gasteiger partial charge in [0.1, 0.15) is 5.75 Å². The SMILES string of the molecule is CC(Cc1cccc(C(F)(F)F)c1)C(=O)N(C)c1ccc(OCC(=O)O)cc1. The molecule has 8 heteroatoms. The number of halogens is 3. The van der Waals surface area contributed by atoms with E-state index in [1.54, 1.807) is 44.3 Å². The minimum atomic E-state index is -4.43. The van der Waals surface area contributed by atoms with Gasteiger partial charge >= 0.3 is 12.1 Å². The summed E-state index contributed by atoms with van der Waals surface area (Å²) < 4.78 is 43.5. The molecule has 1 atom stereocenters. The van der Waals surface area contributed by atoms with Crippen LogP contribution in [0.15, 0.2) is 48.5 Å². The predicted molar refractivity (Wildman–Crippen MR) is 97.3 cm³/mol. The molecule has 1 N–H and O–H groups in total. The molecule has 28 heavy (non-hydrogen) atoms. The summed E-state index contributed by atoms with van der Waals surface area (Å²) in [5.41, 5.74) is 0.250. The smallest absolute Gasteiger partial charge is 0.416 e. The Labute approximate surface area is 160 Å². The van der Waals surface area contributed by atoms with E-state index in [4.69, 9.17) is 9.84 Å². The number of benzene rings is 2. The standard InChI is InChI=1S/C20H20F3NO4/c1-13(10-14-4-3-5-15(11-14)20(21,22)23)19(27)24(2)16-6-8-17(9-7-16)28-12-18(25)26/h3-9,11,13H,10,12H2,1-2H3,(H,25,26). The maximum atomic E-state index is 12.8. The lowest BCUT2D eigenvalue weighted by molar-refractivity contribution is -0.139. The number of nitrogens with zero attached hydrogens (tertiary/aromatic N) is 1. The molecule has 0 aliphatic heterocycles. The van der Waals surface area contributed by atoms with Crippen molar-refractivity contribution >= 4 is 17.6 Å². The Balaban J connectivity index is 2.03. The number of carboxylic acids is 1. The summed E-state index contributed by atoms with van der Waals surface area (Å²) in [6, 6.07) is 11.2. The first-order chi connectivity index (χ1) is 13.1. The summed E-state index contributed by atoms with van der Waals surface area (Å²) in [5.74, 6) is -1.53. The van der Waals surface area contributed by atoms with Crippen LogP contribution in [0.1, 0.15) is 18.1 Å². The van der Waals surface area contributed by atoms with Crippen molar-refractivity contribution in [3.05, 3.63) is 59.7 Å². The minimum Gasteiger partial charge on any atom is -0.482 e. The van der Waals surface area contributed by atoms with E-state index in [2.05, 4.69) is 0 Å². The lowest BCUT2D eigenvalue weighted by Gasteiger charge is -2.22. The van der Waals surface area contributed by atoms with E-state index in [-0.39, 0.29) is 12.3 Å². The number of alkyl halides is 3. The Morgan fingerprint density at radius 3 is 2.36 bits per heavy atom. The van der Waals surface area contributed by atoms with Crippen molar-refractivity contribution in [1.29, 1.82) is 0 Å². The number of aliphatic carboxylic acids is 1. The van der Waals surface area contributed by atoms with Gasteiger partial charge in [-0.3, -0.25) is 4.79 Å². The van der Waals surface area contributed by atoms with Crippen LogP contribution >= 0.6 is 0 Å². The summed E-state index contributed by atoms with van der Waals surface area (Å²) in [5, 5.41) is 8.59. The third-order valence-electron chi connectivity index (χ3n) is 4.13. The molecule has 0 saturated carbocycles. The number of hydrogen-bond acceptors (Lipinski definition) is 3. The summed E-state index contributed by atoms with van der Waals surface area (Å²) in [7, 11) is 1.57. The van der Waals surface area contributed by atoms with Gasteiger partial charge in [0.2, 0.25) is 5.91 Å². The first-order valence-corrected chi connectivity index (χ1v) is 8.46. The molecule has 0 aliphatic carbocycles. The maximum Gasteiger partial charge on any atom is 0.416 e. The summed E-state index contributed by atoms with van der Waals surface area (Å²) in [6.45, 7) is 1.19. The number of rotatable bonds is 7. The zero-order valence-corrected chi connectivity index (χ0v) is 15.4. The number of ether oxygens (including phenoxy) is 1. The highest BCUT2D eigenvalue weighted by Crippen LogP contribution is 2.30. The van der Waals surface area contributed by atoms with Gasteiger partial charge in [-0.15, -0.1) is 0 Å². The molecule has 0 saturated heterocycles. The van der Waals surface area contributed by atoms with Crippen LogP contribution in [0.25, 0.3) is 0 Å². The lowest BCUT2D eigenvalue weighted by Crippen LogP contribution is -2.32. The number of amides is 1. The van der Waals surface area contributed by atoms with E-state index in [1.807, 2.05) is 0 Å². The highest BCUT2D eigenvalue weighted by Gasteiger charge is 2.30. The molecule has 0 bridgehead atoms. The summed E-state index contributed by atoms with van der Waals surface area (Å²) in [6.07, 6.45) is -4.25. The molecule has 0 aromatic heterocycles. The third kappa shape index (κ3) is 5.73. The molecule has 1 amide bonds. The second-order valence-electron chi connectivity index (χ2n) is 6.38. The Morgan fingerprint density at radius 2 is 1.79 bits per heavy atom. The molecule has 5 nitrogen and oxygen atoms in total. The zero-order valence-electron chi connectivity index (χ0n) is 15.4. The van der Waals surface area contributed by atoms with Crippen molar-refractivity contribution < 1.29 is 32.6 Å². The van der Waals surface area contributed by atoms with Gasteiger partial charge in [-0.1, -0.05) is 25.1 Å². The van der Waals surface area contributed by atoms with Gasteiger partial charge in [0.25, 0.3) is 0 Å². The molecule has 150 valence electrons. The fourth-order valence-corrected chi connectivity index (χ4v) is 2.68. The van der Waals surface area contributed by atoms with Gasteiger partial charge in [0.05, 0.1) is 5.56 Å². The fourth-order valence-electron chi connectivity index (χ4n) is 2.68. The third-order valence-corrected chi connectivity index (χ3v) is 4.13. The molecule has 2 aromatic rings. The normalized spacial score (nSPS) is 12.3. The molecule has 0 heterocycles. The number of hydrogen-bond donors (Lipinski definition) is 1. The molecule has 1 unspecified atom stereocenters. The van der Waals surface area contributed by atoms with E-state index >= 15 is 0 Å². The van der Waals surface area contributed by atoms with Crippen LogP contribution < -0.4 is 9.64 Å². The highest BCUT2D eigenvalue weighted by molar-refractivity contribution is 5.94. The second-order valence-corrected chi connectivity index (χ2v) is 6.38. The number of carbonyl (C=O) groups excluding carboxylic acids is 1. The molecule has 0 radical (unpaired) electrons. The van der Waals surface area contributed by atoms with Crippen LogP contribution in [0.5, 0.6) is 5.75 Å². The van der Waals surface area contributed by atoms with Crippen molar-refractivity contribution in [2.45, 2.75) is 19.5 Å². The molecule has 0 spiro atoms. The van der Waals surface area contributed by atoms with Crippen LogP contribution in [-0.4, -0.2) is 30.6 Å². The fraction of sp³-hybridized carbons (Fsp3) is 0.300. The van der Waals surface area contributed by atoms with Crippen LogP contribution in [-0.2, 0) is 22.2 Å². The molecule has 2 aromatic carbocycles. The molecule has 0 fully saturated rings. The van der Waals surface area contributed by atoms with Crippen molar-refractivity contribution in [3.63, 3.8) is 0 Å². The first-order valence-electron chi connectivity index (χ1n) is 8.46. The molecule has 0 aliphatic rings. The van der Waals surface area contributed by atoms with Crippen LogP contribution in [0.2, 0.25) is 0 Å². The van der Waals surface area contributed by atoms with Gasteiger partial charge in [-0.2, -0.15) is 13.2 Å². The van der Waals surface area contributed by atoms with Crippen LogP contribution in [0.3, 0.4) is 0 Å². The molecule has 2 rings (SSSR count). The van der Waals surface area contributed by atoms with Gasteiger partial charge in [0, 0.05) is 18.7 Å². The topological polar surface area (TPSA) is 66.8 Å². The monoisotopic (exact) mass is 395 g/mol. The van der Waals surface area contributed by atoms with E-state index in [1.165, 1.54) is 11.0 Å². The summed E-state index contributed by atoms with van der Waals surface area (Å²) >= 11 is 0. The first kappa shape index (κ1) is 21.3. The average Bonchev–Trinajstić information content (AvgIpc) is 2.65.